The second-order valence-electron chi connectivity index (χ2n) is 7.35. The first-order valence-corrected chi connectivity index (χ1v) is 12.7. The van der Waals surface area contributed by atoms with Crippen LogP contribution in [0, 0.1) is 14.1 Å². The molecule has 156 valence electrons. The van der Waals surface area contributed by atoms with E-state index in [1.807, 2.05) is 6.92 Å². The van der Waals surface area contributed by atoms with E-state index in [4.69, 9.17) is 9.29 Å². The normalized spacial score (nSPS) is 11.5. The Morgan fingerprint density at radius 1 is 0.793 bits per heavy atom. The third-order valence-corrected chi connectivity index (χ3v) is 7.06. The summed E-state index contributed by atoms with van der Waals surface area (Å²) >= 11 is -0.0737. The smallest absolute Gasteiger partial charge is 0.282 e. The van der Waals surface area contributed by atoms with Crippen molar-refractivity contribution in [2.75, 3.05) is 0 Å². The van der Waals surface area contributed by atoms with Crippen molar-refractivity contribution in [3.8, 4) is 5.75 Å². The van der Waals surface area contributed by atoms with Gasteiger partial charge in [-0.3, -0.25) is 4.55 Å². The first kappa shape index (κ1) is 23.4. The number of benzene rings is 3. The monoisotopic (exact) mass is 525 g/mol. The molecule has 0 amide bonds. The van der Waals surface area contributed by atoms with Gasteiger partial charge in [-0.25, -0.2) is 0 Å². The molecule has 3 rings (SSSR count). The van der Waals surface area contributed by atoms with Gasteiger partial charge in [-0.2, -0.15) is 8.42 Å². The molecule has 4 nitrogen and oxygen atoms in total. The molecule has 0 aliphatic carbocycles. The van der Waals surface area contributed by atoms with E-state index in [0.717, 1.165) is 11.3 Å². The predicted octanol–water partition coefficient (Wildman–Crippen LogP) is 2.23. The minimum absolute atomic E-state index is 0.0666. The third-order valence-electron chi connectivity index (χ3n) is 3.51. The van der Waals surface area contributed by atoms with Crippen LogP contribution in [0.25, 0.3) is 0 Å². The van der Waals surface area contributed by atoms with Crippen LogP contribution in [0.5, 0.6) is 5.75 Å². The summed E-state index contributed by atoms with van der Waals surface area (Å²) in [7, 11) is -4.02. The fourth-order valence-electron chi connectivity index (χ4n) is 2.23. The van der Waals surface area contributed by atoms with Gasteiger partial charge in [-0.1, -0.05) is 17.7 Å². The molecule has 0 atom stereocenters. The molecule has 0 bridgehead atoms. The van der Waals surface area contributed by atoms with Gasteiger partial charge in [0.05, 0.1) is 4.90 Å². The number of hydrogen-bond donors (Lipinski definition) is 1. The number of hydrogen-bond acceptors (Lipinski definition) is 3. The van der Waals surface area contributed by atoms with Gasteiger partial charge in [0.15, 0.2) is 0 Å². The van der Waals surface area contributed by atoms with Gasteiger partial charge in [0, 0.05) is 0 Å². The van der Waals surface area contributed by atoms with Gasteiger partial charge in [0.1, 0.15) is 0 Å². The molecular formula is C23H26IO4S-. The van der Waals surface area contributed by atoms with Crippen LogP contribution in [0.15, 0.2) is 83.8 Å². The van der Waals surface area contributed by atoms with Gasteiger partial charge in [-0.05, 0) is 19.1 Å². The second-order valence-corrected chi connectivity index (χ2v) is 11.8. The molecule has 3 aromatic carbocycles. The van der Waals surface area contributed by atoms with Crippen molar-refractivity contribution in [3.05, 3.63) is 91.6 Å². The molecule has 6 heteroatoms. The van der Waals surface area contributed by atoms with Crippen LogP contribution in [0.3, 0.4) is 0 Å². The SMILES string of the molecule is CC(C)(C)Oc1ccc([I-]c2ccccc2)cc1.Cc1ccc(S(=O)(=O)O)cc1. The Bertz CT molecular complexity index is 991. The van der Waals surface area contributed by atoms with E-state index in [2.05, 4.69) is 75.4 Å². The molecule has 0 fully saturated rings. The van der Waals surface area contributed by atoms with E-state index in [0.29, 0.717) is 0 Å². The van der Waals surface area contributed by atoms with Gasteiger partial charge in [0.2, 0.25) is 0 Å². The van der Waals surface area contributed by atoms with Gasteiger partial charge < -0.3 is 0 Å². The standard InChI is InChI=1S/C16H18IO.C7H8O3S/c1-16(2,3)18-15-11-9-14(10-12-15)17-13-7-5-4-6-8-13;1-6-2-4-7(5-3-6)11(8,9)10/h4-12H,1-3H3;2-5H,1H3,(H,8,9,10)/q-1;. The summed E-state index contributed by atoms with van der Waals surface area (Å²) < 4.78 is 38.2. The van der Waals surface area contributed by atoms with Crippen LogP contribution in [0.1, 0.15) is 26.3 Å². The van der Waals surface area contributed by atoms with Crippen molar-refractivity contribution in [1.82, 2.24) is 0 Å². The Morgan fingerprint density at radius 2 is 1.31 bits per heavy atom. The first-order valence-electron chi connectivity index (χ1n) is 9.06. The van der Waals surface area contributed by atoms with E-state index in [-0.39, 0.29) is 31.7 Å². The molecule has 0 saturated heterocycles. The molecule has 0 unspecified atom stereocenters. The molecule has 0 aliphatic rings. The fraction of sp³-hybridized carbons (Fsp3) is 0.217. The largest absolute Gasteiger partial charge is 0.294 e. The Labute approximate surface area is 184 Å². The minimum Gasteiger partial charge on any atom is -0.282 e. The van der Waals surface area contributed by atoms with Crippen molar-refractivity contribution >= 4 is 10.1 Å². The zero-order chi connectivity index (χ0) is 21.5. The number of rotatable bonds is 4. The summed E-state index contributed by atoms with van der Waals surface area (Å²) in [5.41, 5.74) is 0.827. The maximum Gasteiger partial charge on any atom is 0.294 e. The predicted molar refractivity (Wildman–Crippen MR) is 112 cm³/mol. The van der Waals surface area contributed by atoms with Crippen LogP contribution in [0.4, 0.5) is 0 Å². The summed E-state index contributed by atoms with van der Waals surface area (Å²) in [6.45, 7) is 8.04. The molecule has 0 saturated carbocycles. The van der Waals surface area contributed by atoms with Crippen LogP contribution >= 0.6 is 0 Å². The van der Waals surface area contributed by atoms with Crippen molar-refractivity contribution in [2.24, 2.45) is 0 Å². The van der Waals surface area contributed by atoms with E-state index in [9.17, 15) is 8.42 Å². The first-order chi connectivity index (χ1) is 13.5. The molecule has 3 aromatic rings. The maximum absolute atomic E-state index is 10.5. The summed E-state index contributed by atoms with van der Waals surface area (Å²) in [5.74, 6) is 0.948. The van der Waals surface area contributed by atoms with Gasteiger partial charge >= 0.3 is 120 Å². The van der Waals surface area contributed by atoms with E-state index in [1.165, 1.54) is 19.3 Å². The van der Waals surface area contributed by atoms with E-state index in [1.54, 1.807) is 12.1 Å². The Morgan fingerprint density at radius 3 is 1.79 bits per heavy atom. The Kier molecular flexibility index (Phi) is 8.24. The second kappa shape index (κ2) is 10.2. The average Bonchev–Trinajstić information content (AvgIpc) is 2.63. The molecular weight excluding hydrogens is 499 g/mol. The van der Waals surface area contributed by atoms with E-state index >= 15 is 0 Å². The van der Waals surface area contributed by atoms with Crippen molar-refractivity contribution in [3.63, 3.8) is 0 Å². The minimum atomic E-state index is -4.02. The molecule has 0 heterocycles. The average molecular weight is 525 g/mol. The maximum atomic E-state index is 10.5. The van der Waals surface area contributed by atoms with Crippen LogP contribution in [-0.4, -0.2) is 18.6 Å². The van der Waals surface area contributed by atoms with Gasteiger partial charge in [-0.15, -0.1) is 0 Å². The molecule has 1 N–H and O–H groups in total. The van der Waals surface area contributed by atoms with Crippen molar-refractivity contribution < 1.29 is 38.9 Å². The van der Waals surface area contributed by atoms with Crippen LogP contribution in [0.2, 0.25) is 0 Å². The molecule has 29 heavy (non-hydrogen) atoms. The molecule has 0 radical (unpaired) electrons. The molecule has 0 aliphatic heterocycles. The fourth-order valence-corrected chi connectivity index (χ4v) is 4.93. The van der Waals surface area contributed by atoms with Crippen LogP contribution in [-0.2, 0) is 10.1 Å². The topological polar surface area (TPSA) is 63.6 Å². The Balaban J connectivity index is 0.000000234. The quantitative estimate of drug-likeness (QED) is 0.420. The summed E-state index contributed by atoms with van der Waals surface area (Å²) in [6.07, 6.45) is 0. The zero-order valence-corrected chi connectivity index (χ0v) is 19.9. The van der Waals surface area contributed by atoms with Gasteiger partial charge in [0.25, 0.3) is 10.1 Å². The van der Waals surface area contributed by atoms with Crippen molar-refractivity contribution in [1.29, 1.82) is 0 Å². The van der Waals surface area contributed by atoms with Crippen molar-refractivity contribution in [2.45, 2.75) is 38.2 Å². The Hall–Kier alpha value is -1.90. The number of halogens is 1. The number of ether oxygens (including phenoxy) is 1. The molecule has 0 aromatic heterocycles. The summed E-state index contributed by atoms with van der Waals surface area (Å²) in [4.78, 5) is -0.0666. The number of aryl methyl sites for hydroxylation is 1. The zero-order valence-electron chi connectivity index (χ0n) is 17.0. The summed E-state index contributed by atoms with van der Waals surface area (Å²) in [6, 6.07) is 25.2. The van der Waals surface area contributed by atoms with E-state index < -0.39 is 10.1 Å². The summed E-state index contributed by atoms with van der Waals surface area (Å²) in [5, 5.41) is 0. The third kappa shape index (κ3) is 8.97. The molecule has 0 spiro atoms. The van der Waals surface area contributed by atoms with Crippen LogP contribution < -0.4 is 25.9 Å².